The van der Waals surface area contributed by atoms with Gasteiger partial charge in [-0.25, -0.2) is 9.59 Å². The summed E-state index contributed by atoms with van der Waals surface area (Å²) in [5.74, 6) is -0.0945. The Balaban J connectivity index is 2.28. The fraction of sp³-hybridized carbons (Fsp3) is 0.533. The molecule has 0 saturated carbocycles. The van der Waals surface area contributed by atoms with Gasteiger partial charge in [0.2, 0.25) is 0 Å². The smallest absolute Gasteiger partial charge is 0.444 e. The van der Waals surface area contributed by atoms with E-state index in [1.165, 1.54) is 0 Å². The van der Waals surface area contributed by atoms with E-state index < -0.39 is 40.7 Å². The number of aliphatic hydroxyl groups excluding tert-OH is 1. The molecule has 234 valence electrons. The number of hydrogen-bond donors (Lipinski definition) is 2. The first-order valence-electron chi connectivity index (χ1n) is 13.5. The molecule has 0 aliphatic heterocycles. The van der Waals surface area contributed by atoms with E-state index in [2.05, 4.69) is 5.32 Å². The minimum Gasteiger partial charge on any atom is -0.444 e. The molecule has 0 bridgehead atoms. The topological polar surface area (TPSA) is 94.1 Å². The number of aliphatic hydroxyl groups is 1. The highest BCUT2D eigenvalue weighted by molar-refractivity contribution is 7.99. The van der Waals surface area contributed by atoms with Crippen LogP contribution in [0.4, 0.5) is 22.8 Å². The van der Waals surface area contributed by atoms with Crippen molar-refractivity contribution in [1.82, 2.24) is 5.32 Å². The van der Waals surface area contributed by atoms with E-state index in [0.29, 0.717) is 35.6 Å². The Labute approximate surface area is 254 Å². The van der Waals surface area contributed by atoms with Gasteiger partial charge < -0.3 is 24.6 Å². The minimum absolute atomic E-state index is 0.0447. The number of carbonyl (C=O) groups excluding carboxylic acids is 2. The summed E-state index contributed by atoms with van der Waals surface area (Å²) < 4.78 is 56.1. The molecule has 0 aromatic heterocycles. The van der Waals surface area contributed by atoms with E-state index in [1.54, 1.807) is 59.7 Å². The van der Waals surface area contributed by atoms with Gasteiger partial charge in [-0.15, -0.1) is 0 Å². The lowest BCUT2D eigenvalue weighted by Gasteiger charge is -2.34. The Morgan fingerprint density at radius 1 is 0.952 bits per heavy atom. The lowest BCUT2D eigenvalue weighted by atomic mass is 9.87. The maximum absolute atomic E-state index is 13.5. The number of benzene rings is 2. The van der Waals surface area contributed by atoms with Crippen molar-refractivity contribution >= 4 is 35.6 Å². The lowest BCUT2D eigenvalue weighted by molar-refractivity contribution is -0.137. The van der Waals surface area contributed by atoms with Crippen LogP contribution in [-0.4, -0.2) is 40.7 Å². The second-order valence-corrected chi connectivity index (χ2v) is 13.4. The van der Waals surface area contributed by atoms with Crippen LogP contribution in [0.5, 0.6) is 5.75 Å². The molecule has 1 amide bonds. The molecule has 0 saturated heterocycles. The van der Waals surface area contributed by atoms with Crippen LogP contribution < -0.4 is 10.1 Å². The molecular formula is C30H39ClF3NO6S. The molecule has 0 heterocycles. The van der Waals surface area contributed by atoms with Gasteiger partial charge in [0.05, 0.1) is 22.6 Å². The van der Waals surface area contributed by atoms with E-state index in [9.17, 15) is 27.9 Å². The number of amides is 1. The van der Waals surface area contributed by atoms with Crippen molar-refractivity contribution in [2.24, 2.45) is 0 Å². The van der Waals surface area contributed by atoms with Crippen LogP contribution in [0.2, 0.25) is 5.02 Å². The predicted molar refractivity (Wildman–Crippen MR) is 156 cm³/mol. The number of carbonyl (C=O) groups is 2. The van der Waals surface area contributed by atoms with E-state index in [4.69, 9.17) is 25.8 Å². The van der Waals surface area contributed by atoms with Gasteiger partial charge >= 0.3 is 18.4 Å². The van der Waals surface area contributed by atoms with Gasteiger partial charge in [-0.05, 0) is 96.7 Å². The summed E-state index contributed by atoms with van der Waals surface area (Å²) in [6.07, 6.45) is -4.31. The van der Waals surface area contributed by atoms with Crippen molar-refractivity contribution < 1.29 is 42.1 Å². The average molecular weight is 634 g/mol. The Kier molecular flexibility index (Phi) is 12.0. The standard InChI is InChI=1S/C30H39ClF3NO6S/c1-8-14-29(18-36,35-25(37)40-27(2,3)4)15-13-19-9-11-21(17-22(19)31)42-24-16-20(30(32,33)34)10-12-23(24)39-26(38)41-28(5,6)7/h9-12,16-17,36H,8,13-15,18H2,1-7H3,(H,35,37)/t29-/m0/s1. The maximum Gasteiger partial charge on any atom is 0.514 e. The van der Waals surface area contributed by atoms with E-state index in [-0.39, 0.29) is 17.3 Å². The fourth-order valence-corrected chi connectivity index (χ4v) is 5.25. The predicted octanol–water partition coefficient (Wildman–Crippen LogP) is 8.81. The van der Waals surface area contributed by atoms with Crippen LogP contribution in [-0.2, 0) is 22.1 Å². The second-order valence-electron chi connectivity index (χ2n) is 11.9. The van der Waals surface area contributed by atoms with Crippen molar-refractivity contribution in [1.29, 1.82) is 0 Å². The van der Waals surface area contributed by atoms with Gasteiger partial charge in [0, 0.05) is 9.92 Å². The third kappa shape index (κ3) is 11.6. The number of ether oxygens (including phenoxy) is 3. The molecule has 0 radical (unpaired) electrons. The molecule has 2 rings (SSSR count). The number of alkyl carbamates (subject to hydrolysis) is 1. The molecule has 2 aromatic carbocycles. The van der Waals surface area contributed by atoms with Gasteiger partial charge in [0.15, 0.2) is 0 Å². The molecule has 1 atom stereocenters. The number of rotatable bonds is 10. The molecule has 0 spiro atoms. The first kappa shape index (κ1) is 35.6. The molecule has 0 aliphatic rings. The largest absolute Gasteiger partial charge is 0.514 e. The molecule has 0 unspecified atom stereocenters. The summed E-state index contributed by atoms with van der Waals surface area (Å²) in [5, 5.41) is 13.4. The summed E-state index contributed by atoms with van der Waals surface area (Å²) in [4.78, 5) is 25.2. The first-order chi connectivity index (χ1) is 19.3. The van der Waals surface area contributed by atoms with Gasteiger partial charge in [-0.3, -0.25) is 0 Å². The van der Waals surface area contributed by atoms with Crippen molar-refractivity contribution in [3.8, 4) is 5.75 Å². The zero-order valence-corrected chi connectivity index (χ0v) is 26.5. The first-order valence-corrected chi connectivity index (χ1v) is 14.7. The normalized spacial score (nSPS) is 13.7. The maximum atomic E-state index is 13.5. The third-order valence-electron chi connectivity index (χ3n) is 5.78. The molecule has 2 N–H and O–H groups in total. The molecule has 7 nitrogen and oxygen atoms in total. The number of aryl methyl sites for hydroxylation is 1. The van der Waals surface area contributed by atoms with Crippen LogP contribution >= 0.6 is 23.4 Å². The molecule has 42 heavy (non-hydrogen) atoms. The summed E-state index contributed by atoms with van der Waals surface area (Å²) >= 11 is 7.51. The number of hydrogen-bond acceptors (Lipinski definition) is 7. The zero-order chi connectivity index (χ0) is 31.9. The molecular weight excluding hydrogens is 595 g/mol. The number of nitrogens with one attached hydrogen (secondary N) is 1. The van der Waals surface area contributed by atoms with E-state index in [1.807, 2.05) is 6.92 Å². The molecule has 0 fully saturated rings. The monoisotopic (exact) mass is 633 g/mol. The van der Waals surface area contributed by atoms with Crippen LogP contribution in [0.1, 0.15) is 78.9 Å². The highest BCUT2D eigenvalue weighted by Crippen LogP contribution is 2.41. The summed E-state index contributed by atoms with van der Waals surface area (Å²) in [6, 6.07) is 7.81. The lowest BCUT2D eigenvalue weighted by Crippen LogP contribution is -2.53. The van der Waals surface area contributed by atoms with Gasteiger partial charge in [0.1, 0.15) is 17.0 Å². The van der Waals surface area contributed by atoms with Crippen LogP contribution in [0.15, 0.2) is 46.2 Å². The Morgan fingerprint density at radius 2 is 1.60 bits per heavy atom. The highest BCUT2D eigenvalue weighted by Gasteiger charge is 2.33. The highest BCUT2D eigenvalue weighted by atomic mass is 35.5. The number of halogens is 4. The quantitative estimate of drug-likeness (QED) is 0.199. The van der Waals surface area contributed by atoms with E-state index >= 15 is 0 Å². The molecule has 2 aromatic rings. The Morgan fingerprint density at radius 3 is 2.12 bits per heavy atom. The second kappa shape index (κ2) is 14.2. The van der Waals surface area contributed by atoms with Crippen LogP contribution in [0, 0.1) is 0 Å². The number of alkyl halides is 3. The Hall–Kier alpha value is -2.63. The summed E-state index contributed by atoms with van der Waals surface area (Å²) in [7, 11) is 0. The summed E-state index contributed by atoms with van der Waals surface area (Å²) in [6.45, 7) is 11.8. The van der Waals surface area contributed by atoms with Crippen molar-refractivity contribution in [3.05, 3.63) is 52.5 Å². The average Bonchev–Trinajstić information content (AvgIpc) is 2.81. The summed E-state index contributed by atoms with van der Waals surface area (Å²) in [5.41, 5.74) is -2.67. The van der Waals surface area contributed by atoms with Gasteiger partial charge in [-0.2, -0.15) is 13.2 Å². The SMILES string of the molecule is CCC[C@@](CO)(CCc1ccc(Sc2cc(C(F)(F)F)ccc2OC(=O)OC(C)(C)C)cc1Cl)NC(=O)OC(C)(C)C. The van der Waals surface area contributed by atoms with Gasteiger partial charge in [-0.1, -0.05) is 42.8 Å². The zero-order valence-electron chi connectivity index (χ0n) is 24.9. The third-order valence-corrected chi connectivity index (χ3v) is 7.16. The van der Waals surface area contributed by atoms with Crippen LogP contribution in [0.3, 0.4) is 0 Å². The van der Waals surface area contributed by atoms with Gasteiger partial charge in [0.25, 0.3) is 0 Å². The van der Waals surface area contributed by atoms with Crippen molar-refractivity contribution in [3.63, 3.8) is 0 Å². The van der Waals surface area contributed by atoms with Crippen molar-refractivity contribution in [2.75, 3.05) is 6.61 Å². The molecule has 12 heteroatoms. The Bertz CT molecular complexity index is 1240. The fourth-order valence-electron chi connectivity index (χ4n) is 3.95. The van der Waals surface area contributed by atoms with E-state index in [0.717, 1.165) is 35.5 Å². The molecule has 0 aliphatic carbocycles. The minimum atomic E-state index is -4.60. The van der Waals surface area contributed by atoms with Crippen LogP contribution in [0.25, 0.3) is 0 Å². The van der Waals surface area contributed by atoms with Crippen molar-refractivity contribution in [2.45, 2.75) is 107 Å².